The lowest BCUT2D eigenvalue weighted by molar-refractivity contribution is -0.154. The molecule has 1 aliphatic rings. The van der Waals surface area contributed by atoms with E-state index in [1.54, 1.807) is 19.1 Å². The first-order valence-electron chi connectivity index (χ1n) is 17.8. The molecule has 7 rings (SSSR count). The van der Waals surface area contributed by atoms with Gasteiger partial charge in [0.15, 0.2) is 24.6 Å². The summed E-state index contributed by atoms with van der Waals surface area (Å²) >= 11 is 4.35. The van der Waals surface area contributed by atoms with Crippen molar-refractivity contribution in [3.8, 4) is 22.6 Å². The molecular weight excluding hydrogens is 995 g/mol. The Morgan fingerprint density at radius 1 is 0.641 bits per heavy atom. The number of ether oxygens (including phenoxy) is 2. The van der Waals surface area contributed by atoms with Crippen molar-refractivity contribution in [3.05, 3.63) is 95.1 Å². The fourth-order valence-corrected chi connectivity index (χ4v) is 7.21. The van der Waals surface area contributed by atoms with Crippen LogP contribution in [0.1, 0.15) is 49.1 Å². The first kappa shape index (κ1) is 50.2. The maximum Gasteiger partial charge on any atom is 0.494 e. The number of hydrogen-bond donors (Lipinski definition) is 0. The van der Waals surface area contributed by atoms with Gasteiger partial charge in [-0.15, -0.1) is 0 Å². The van der Waals surface area contributed by atoms with Crippen molar-refractivity contribution in [2.24, 2.45) is 0 Å². The maximum atomic E-state index is 13.4. The van der Waals surface area contributed by atoms with Gasteiger partial charge in [-0.25, -0.2) is 9.97 Å². The molecule has 0 atom stereocenters. The van der Waals surface area contributed by atoms with E-state index in [9.17, 15) is 62.3 Å². The summed E-state index contributed by atoms with van der Waals surface area (Å²) in [7, 11) is -0.535. The first-order chi connectivity index (χ1) is 29.3. The second-order valence-corrected chi connectivity index (χ2v) is 17.4. The van der Waals surface area contributed by atoms with Crippen LogP contribution in [0.15, 0.2) is 62.6 Å². The zero-order valence-corrected chi connectivity index (χ0v) is 36.7. The molecule has 1 saturated heterocycles. The van der Waals surface area contributed by atoms with Crippen LogP contribution in [0.3, 0.4) is 0 Å². The molecule has 0 bridgehead atoms. The van der Waals surface area contributed by atoms with Gasteiger partial charge < -0.3 is 18.8 Å². The van der Waals surface area contributed by atoms with Crippen LogP contribution in [0, 0.1) is 13.8 Å². The Morgan fingerprint density at radius 3 is 1.44 bits per heavy atom. The number of halogens is 13. The van der Waals surface area contributed by atoms with E-state index in [1.807, 2.05) is 27.7 Å². The standard InChI is InChI=1S/C15H9F6N3O2S.C14H18BF3O3.C7H3BrF3N3OS/c1-7-23-24-12(25)10(11(15(19,20)21)22-13(24)27-7)8-2-4-9(5-3-8)26-6-14(16,17)18;1-12(2)13(3,4)21-15(20-12)10-5-7-11(8-6-10)19-9-14(16,17)18;1-2-13-14-5(15)3(8)4(7(9,10)11)12-6(14)16-2/h2-5H,6H2,1H3;5-8H,9H2,1-4H3;1H3. The third kappa shape index (κ3) is 12.1. The largest absolute Gasteiger partial charge is 0.494 e. The Bertz CT molecular complexity index is 2720. The summed E-state index contributed by atoms with van der Waals surface area (Å²) in [4.78, 5) is 30.7. The molecule has 0 radical (unpaired) electrons. The van der Waals surface area contributed by atoms with Gasteiger partial charge >= 0.3 is 31.8 Å². The van der Waals surface area contributed by atoms with E-state index >= 15 is 0 Å². The van der Waals surface area contributed by atoms with E-state index in [1.165, 1.54) is 19.1 Å². The van der Waals surface area contributed by atoms with Crippen molar-refractivity contribution < 1.29 is 71.5 Å². The fourth-order valence-electron chi connectivity index (χ4n) is 5.26. The lowest BCUT2D eigenvalue weighted by Crippen LogP contribution is -2.41. The molecule has 0 spiro atoms. The van der Waals surface area contributed by atoms with Crippen LogP contribution in [-0.4, -0.2) is 73.1 Å². The number of rotatable bonds is 6. The van der Waals surface area contributed by atoms with Gasteiger partial charge in [0.1, 0.15) is 26.0 Å². The highest BCUT2D eigenvalue weighted by atomic mass is 79.9. The monoisotopic (exact) mass is 1020 g/mol. The Kier molecular flexibility index (Phi) is 14.3. The van der Waals surface area contributed by atoms with Gasteiger partial charge in [-0.3, -0.25) is 9.59 Å². The molecule has 4 aromatic heterocycles. The molecule has 1 aliphatic heterocycles. The lowest BCUT2D eigenvalue weighted by Gasteiger charge is -2.32. The molecule has 1 fully saturated rings. The quantitative estimate of drug-likeness (QED) is 0.118. The number of hydrogen-bond acceptors (Lipinski definition) is 12. The summed E-state index contributed by atoms with van der Waals surface area (Å²) in [6, 6.07) is 10.5. The Balaban J connectivity index is 0.000000187. The van der Waals surface area contributed by atoms with Crippen LogP contribution in [0.4, 0.5) is 52.7 Å². The smallest absolute Gasteiger partial charge is 0.484 e. The highest BCUT2D eigenvalue weighted by Crippen LogP contribution is 2.38. The van der Waals surface area contributed by atoms with Gasteiger partial charge in [-0.1, -0.05) is 46.9 Å². The van der Waals surface area contributed by atoms with E-state index in [0.29, 0.717) is 10.0 Å². The van der Waals surface area contributed by atoms with Crippen LogP contribution >= 0.6 is 38.6 Å². The number of aromatic nitrogens is 6. The van der Waals surface area contributed by atoms with Crippen LogP contribution in [-0.2, 0) is 21.7 Å². The fraction of sp³-hybridized carbons (Fsp3) is 0.389. The Labute approximate surface area is 369 Å². The van der Waals surface area contributed by atoms with Crippen molar-refractivity contribution in [2.75, 3.05) is 13.2 Å². The second-order valence-electron chi connectivity index (χ2n) is 14.3. The van der Waals surface area contributed by atoms with E-state index < -0.39 is 88.8 Å². The molecule has 346 valence electrons. The summed E-state index contributed by atoms with van der Waals surface area (Å²) < 4.78 is 172. The number of benzene rings is 2. The van der Waals surface area contributed by atoms with Gasteiger partial charge in [-0.05, 0) is 92.8 Å². The van der Waals surface area contributed by atoms with Gasteiger partial charge in [0.2, 0.25) is 9.92 Å². The van der Waals surface area contributed by atoms with E-state index in [0.717, 1.165) is 61.4 Å². The molecular formula is C36H30BBrF12N6O6S2. The number of aryl methyl sites for hydroxylation is 2. The van der Waals surface area contributed by atoms with Crippen molar-refractivity contribution in [1.29, 1.82) is 0 Å². The molecule has 0 saturated carbocycles. The summed E-state index contributed by atoms with van der Waals surface area (Å²) in [6.07, 6.45) is -18.5. The maximum absolute atomic E-state index is 13.4. The number of nitrogens with zero attached hydrogens (tertiary/aromatic N) is 6. The molecule has 28 heteroatoms. The van der Waals surface area contributed by atoms with Crippen LogP contribution in [0.5, 0.6) is 11.5 Å². The molecule has 6 aromatic rings. The molecule has 2 aromatic carbocycles. The molecule has 0 amide bonds. The number of alkyl halides is 12. The minimum absolute atomic E-state index is 0.0713. The highest BCUT2D eigenvalue weighted by Gasteiger charge is 2.51. The summed E-state index contributed by atoms with van der Waals surface area (Å²) in [5.41, 5.74) is -5.57. The van der Waals surface area contributed by atoms with E-state index in [2.05, 4.69) is 45.6 Å². The Morgan fingerprint density at radius 2 is 1.03 bits per heavy atom. The summed E-state index contributed by atoms with van der Waals surface area (Å²) in [6.45, 7) is 8.00. The summed E-state index contributed by atoms with van der Waals surface area (Å²) in [5, 5.41) is 8.42. The van der Waals surface area contributed by atoms with Gasteiger partial charge in [0, 0.05) is 0 Å². The van der Waals surface area contributed by atoms with Gasteiger partial charge in [-0.2, -0.15) is 71.9 Å². The number of fused-ring (bicyclic) bond motifs is 2. The highest BCUT2D eigenvalue weighted by molar-refractivity contribution is 9.10. The predicted molar refractivity (Wildman–Crippen MR) is 212 cm³/mol. The van der Waals surface area contributed by atoms with Crippen LogP contribution in [0.25, 0.3) is 21.0 Å². The van der Waals surface area contributed by atoms with Crippen molar-refractivity contribution in [1.82, 2.24) is 29.2 Å². The molecule has 5 heterocycles. The topological polar surface area (TPSA) is 131 Å². The molecule has 0 N–H and O–H groups in total. The van der Waals surface area contributed by atoms with Gasteiger partial charge in [0.25, 0.3) is 11.1 Å². The van der Waals surface area contributed by atoms with Crippen molar-refractivity contribution >= 4 is 61.1 Å². The molecule has 0 aliphatic carbocycles. The van der Waals surface area contributed by atoms with Crippen LogP contribution in [0.2, 0.25) is 0 Å². The molecule has 64 heavy (non-hydrogen) atoms. The normalized spacial score (nSPS) is 15.1. The average molecular weight is 1030 g/mol. The lowest BCUT2D eigenvalue weighted by atomic mass is 9.79. The summed E-state index contributed by atoms with van der Waals surface area (Å²) in [5.74, 6) is -0.0455. The SMILES string of the molecule is CC1(C)OB(c2ccc(OCC(F)(F)F)cc2)OC1(C)C.Cc1nn2c(=O)c(-c3ccc(OCC(F)(F)F)cc3)c(C(F)(F)F)nc2s1.Cc1nn2c(=O)c(Br)c(C(F)(F)F)nc2s1. The zero-order chi connectivity index (χ0) is 48.0. The average Bonchev–Trinajstić information content (AvgIpc) is 3.81. The first-order valence-corrected chi connectivity index (χ1v) is 20.2. The molecule has 12 nitrogen and oxygen atoms in total. The third-order valence-corrected chi connectivity index (χ3v) is 11.2. The second kappa shape index (κ2) is 18.2. The van der Waals surface area contributed by atoms with Gasteiger partial charge in [0.05, 0.1) is 16.8 Å². The van der Waals surface area contributed by atoms with E-state index in [-0.39, 0.29) is 27.0 Å². The minimum Gasteiger partial charge on any atom is -0.484 e. The van der Waals surface area contributed by atoms with Crippen LogP contribution < -0.4 is 26.1 Å². The van der Waals surface area contributed by atoms with E-state index in [4.69, 9.17) is 9.31 Å². The Hall–Kier alpha value is -4.80. The zero-order valence-electron chi connectivity index (χ0n) is 33.5. The molecule has 0 unspecified atom stereocenters. The minimum atomic E-state index is -4.91. The van der Waals surface area contributed by atoms with Crippen molar-refractivity contribution in [3.63, 3.8) is 0 Å². The third-order valence-electron chi connectivity index (χ3n) is 8.86. The van der Waals surface area contributed by atoms with Crippen molar-refractivity contribution in [2.45, 2.75) is 77.4 Å². The predicted octanol–water partition coefficient (Wildman–Crippen LogP) is 9.25.